The predicted octanol–water partition coefficient (Wildman–Crippen LogP) is 4.67. The van der Waals surface area contributed by atoms with Gasteiger partial charge in [0.1, 0.15) is 11.4 Å². The van der Waals surface area contributed by atoms with Crippen molar-refractivity contribution in [3.8, 4) is 11.1 Å². The van der Waals surface area contributed by atoms with Crippen molar-refractivity contribution in [1.29, 1.82) is 0 Å². The zero-order valence-electron chi connectivity index (χ0n) is 20.4. The molecule has 182 valence electrons. The number of rotatable bonds is 5. The summed E-state index contributed by atoms with van der Waals surface area (Å²) in [5, 5.41) is 2.30. The lowest BCUT2D eigenvalue weighted by Crippen LogP contribution is -2.45. The van der Waals surface area contributed by atoms with Gasteiger partial charge in [-0.15, -0.1) is 0 Å². The molecule has 3 fully saturated rings. The molecule has 3 heterocycles. The maximum absolute atomic E-state index is 13.4. The van der Waals surface area contributed by atoms with E-state index in [-0.39, 0.29) is 11.8 Å². The van der Waals surface area contributed by atoms with Crippen LogP contribution in [0.3, 0.4) is 0 Å². The molecule has 2 saturated carbocycles. The number of aliphatic imine (C=N–C) groups is 1. The molecule has 1 aromatic heterocycles. The lowest BCUT2D eigenvalue weighted by molar-refractivity contribution is -0.134. The Labute approximate surface area is 211 Å². The van der Waals surface area contributed by atoms with Crippen molar-refractivity contribution < 1.29 is 9.59 Å². The molecule has 2 amide bonds. The highest BCUT2D eigenvalue weighted by Gasteiger charge is 2.57. The standard InChI is InChI=1S/C30H30N4O2/c35-28(24-6-7-24)33-15-10-20(11-16-33)19-34-27(32-30(12-13-30)29(34)36)23-4-1-21(2-5-23)25-8-3-22-9-14-31-18-26(22)17-25/h1-5,8-9,14,17-18,20,24H,6-7,10-13,15-16,19H2. The fourth-order valence-corrected chi connectivity index (χ4v) is 5.75. The number of aromatic nitrogens is 1. The van der Waals surface area contributed by atoms with Crippen molar-refractivity contribution in [2.45, 2.75) is 44.1 Å². The fraction of sp³-hybridized carbons (Fsp3) is 0.400. The van der Waals surface area contributed by atoms with Crippen molar-refractivity contribution in [2.24, 2.45) is 16.8 Å². The third kappa shape index (κ3) is 3.80. The largest absolute Gasteiger partial charge is 0.342 e. The second kappa shape index (κ2) is 8.26. The number of nitrogens with zero attached hydrogens (tertiary/aromatic N) is 4. The van der Waals surface area contributed by atoms with Gasteiger partial charge in [0, 0.05) is 48.9 Å². The molecule has 2 aliphatic carbocycles. The molecule has 7 rings (SSSR count). The zero-order chi connectivity index (χ0) is 24.3. The van der Waals surface area contributed by atoms with E-state index in [1.807, 2.05) is 28.3 Å². The van der Waals surface area contributed by atoms with Gasteiger partial charge in [0.05, 0.1) is 0 Å². The van der Waals surface area contributed by atoms with Crippen LogP contribution in [0.2, 0.25) is 0 Å². The summed E-state index contributed by atoms with van der Waals surface area (Å²) in [4.78, 5) is 39.0. The first kappa shape index (κ1) is 21.7. The van der Waals surface area contributed by atoms with Crippen molar-refractivity contribution in [2.75, 3.05) is 19.6 Å². The van der Waals surface area contributed by atoms with E-state index in [1.54, 1.807) is 0 Å². The van der Waals surface area contributed by atoms with Crippen LogP contribution in [-0.2, 0) is 9.59 Å². The van der Waals surface area contributed by atoms with Gasteiger partial charge in [-0.1, -0.05) is 36.4 Å². The second-order valence-electron chi connectivity index (χ2n) is 10.9. The number of benzene rings is 2. The molecule has 1 spiro atoms. The molecule has 1 saturated heterocycles. The minimum Gasteiger partial charge on any atom is -0.342 e. The third-order valence-corrected chi connectivity index (χ3v) is 8.35. The van der Waals surface area contributed by atoms with Crippen LogP contribution < -0.4 is 0 Å². The minimum atomic E-state index is -0.512. The van der Waals surface area contributed by atoms with Gasteiger partial charge in [-0.25, -0.2) is 0 Å². The molecule has 0 N–H and O–H groups in total. The number of likely N-dealkylation sites (tertiary alicyclic amines) is 1. The van der Waals surface area contributed by atoms with Gasteiger partial charge in [-0.05, 0) is 73.1 Å². The van der Waals surface area contributed by atoms with E-state index in [9.17, 15) is 9.59 Å². The summed E-state index contributed by atoms with van der Waals surface area (Å²) in [5.74, 6) is 2.02. The molecule has 2 aliphatic heterocycles. The van der Waals surface area contributed by atoms with Crippen molar-refractivity contribution in [3.63, 3.8) is 0 Å². The first-order chi connectivity index (χ1) is 17.6. The first-order valence-corrected chi connectivity index (χ1v) is 13.2. The number of pyridine rings is 1. The highest BCUT2D eigenvalue weighted by Crippen LogP contribution is 2.46. The number of amides is 2. The zero-order valence-corrected chi connectivity index (χ0v) is 20.4. The van der Waals surface area contributed by atoms with Gasteiger partial charge in [0.25, 0.3) is 5.91 Å². The Morgan fingerprint density at radius 3 is 2.33 bits per heavy atom. The Bertz CT molecular complexity index is 1380. The van der Waals surface area contributed by atoms with Gasteiger partial charge in [0.15, 0.2) is 0 Å². The SMILES string of the molecule is O=C(C1CC1)N1CCC(CN2C(=O)C3(CC3)N=C2c2ccc(-c3ccc4ccncc4c3)cc2)CC1. The van der Waals surface area contributed by atoms with Crippen LogP contribution in [0, 0.1) is 11.8 Å². The summed E-state index contributed by atoms with van der Waals surface area (Å²) in [5.41, 5.74) is 2.77. The quantitative estimate of drug-likeness (QED) is 0.535. The van der Waals surface area contributed by atoms with Crippen molar-refractivity contribution in [3.05, 3.63) is 66.5 Å². The topological polar surface area (TPSA) is 65.9 Å². The monoisotopic (exact) mass is 478 g/mol. The molecule has 0 atom stereocenters. The maximum Gasteiger partial charge on any atom is 0.256 e. The van der Waals surface area contributed by atoms with E-state index >= 15 is 0 Å². The third-order valence-electron chi connectivity index (χ3n) is 8.35. The molecule has 0 unspecified atom stereocenters. The molecule has 4 aliphatic rings. The number of amidine groups is 1. The number of fused-ring (bicyclic) bond motifs is 1. The number of hydrogen-bond donors (Lipinski definition) is 0. The summed E-state index contributed by atoms with van der Waals surface area (Å²) in [6.07, 6.45) is 9.43. The van der Waals surface area contributed by atoms with Crippen LogP contribution in [0.5, 0.6) is 0 Å². The van der Waals surface area contributed by atoms with Crippen molar-refractivity contribution in [1.82, 2.24) is 14.8 Å². The maximum atomic E-state index is 13.4. The van der Waals surface area contributed by atoms with Crippen LogP contribution in [0.4, 0.5) is 0 Å². The molecular formula is C30H30N4O2. The highest BCUT2D eigenvalue weighted by atomic mass is 16.2. The van der Waals surface area contributed by atoms with E-state index < -0.39 is 5.54 Å². The van der Waals surface area contributed by atoms with Gasteiger partial charge in [-0.3, -0.25) is 24.5 Å². The molecule has 0 radical (unpaired) electrons. The Hall–Kier alpha value is -3.54. The van der Waals surface area contributed by atoms with E-state index in [1.165, 1.54) is 5.39 Å². The molecule has 0 bridgehead atoms. The summed E-state index contributed by atoms with van der Waals surface area (Å²) >= 11 is 0. The van der Waals surface area contributed by atoms with Crippen LogP contribution in [-0.4, -0.2) is 57.6 Å². The summed E-state index contributed by atoms with van der Waals surface area (Å²) in [7, 11) is 0. The molecule has 2 aromatic carbocycles. The lowest BCUT2D eigenvalue weighted by Gasteiger charge is -2.34. The molecule has 3 aromatic rings. The van der Waals surface area contributed by atoms with E-state index in [0.29, 0.717) is 18.4 Å². The van der Waals surface area contributed by atoms with Crippen LogP contribution in [0.1, 0.15) is 44.1 Å². The highest BCUT2D eigenvalue weighted by molar-refractivity contribution is 6.16. The van der Waals surface area contributed by atoms with Gasteiger partial charge >= 0.3 is 0 Å². The van der Waals surface area contributed by atoms with Crippen LogP contribution >= 0.6 is 0 Å². The lowest BCUT2D eigenvalue weighted by atomic mass is 9.95. The molecule has 36 heavy (non-hydrogen) atoms. The summed E-state index contributed by atoms with van der Waals surface area (Å²) in [6.45, 7) is 2.33. The number of piperidine rings is 1. The molecule has 6 nitrogen and oxygen atoms in total. The predicted molar refractivity (Wildman–Crippen MR) is 139 cm³/mol. The van der Waals surface area contributed by atoms with Crippen LogP contribution in [0.25, 0.3) is 21.9 Å². The van der Waals surface area contributed by atoms with Crippen LogP contribution in [0.15, 0.2) is 65.9 Å². The number of carbonyl (C=O) groups is 2. The van der Waals surface area contributed by atoms with E-state index in [4.69, 9.17) is 4.99 Å². The van der Waals surface area contributed by atoms with Crippen molar-refractivity contribution >= 4 is 28.4 Å². The summed E-state index contributed by atoms with van der Waals surface area (Å²) in [6, 6.07) is 16.9. The Morgan fingerprint density at radius 2 is 1.61 bits per heavy atom. The normalized spacial score (nSPS) is 21.3. The number of hydrogen-bond acceptors (Lipinski definition) is 4. The molecule has 6 heteroatoms. The molecular weight excluding hydrogens is 448 g/mol. The Balaban J connectivity index is 1.09. The van der Waals surface area contributed by atoms with E-state index in [0.717, 1.165) is 79.5 Å². The van der Waals surface area contributed by atoms with Gasteiger partial charge in [0.2, 0.25) is 5.91 Å². The smallest absolute Gasteiger partial charge is 0.256 e. The second-order valence-corrected chi connectivity index (χ2v) is 10.9. The van der Waals surface area contributed by atoms with E-state index in [2.05, 4.69) is 47.4 Å². The number of carbonyl (C=O) groups excluding carboxylic acids is 2. The average molecular weight is 479 g/mol. The minimum absolute atomic E-state index is 0.167. The Kier molecular flexibility index (Phi) is 4.98. The summed E-state index contributed by atoms with van der Waals surface area (Å²) < 4.78 is 0. The van der Waals surface area contributed by atoms with Gasteiger partial charge in [-0.2, -0.15) is 0 Å². The van der Waals surface area contributed by atoms with Gasteiger partial charge < -0.3 is 4.90 Å². The average Bonchev–Trinajstić information content (AvgIpc) is 3.85. The Morgan fingerprint density at radius 1 is 0.889 bits per heavy atom. The fourth-order valence-electron chi connectivity index (χ4n) is 5.75. The first-order valence-electron chi connectivity index (χ1n) is 13.2.